The van der Waals surface area contributed by atoms with Gasteiger partial charge < -0.3 is 20.3 Å². The number of rotatable bonds is 4. The highest BCUT2D eigenvalue weighted by Gasteiger charge is 2.52. The van der Waals surface area contributed by atoms with Crippen molar-refractivity contribution in [2.45, 2.75) is 70.1 Å². The van der Waals surface area contributed by atoms with Gasteiger partial charge in [0.2, 0.25) is 17.7 Å². The number of benzene rings is 2. The Bertz CT molecular complexity index is 1770. The van der Waals surface area contributed by atoms with Gasteiger partial charge in [0.1, 0.15) is 35.1 Å². The minimum Gasteiger partial charge on any atom is -0.444 e. The van der Waals surface area contributed by atoms with Crippen LogP contribution in [0.4, 0.5) is 25.1 Å². The van der Waals surface area contributed by atoms with E-state index in [1.807, 2.05) is 18.2 Å². The first-order valence-corrected chi connectivity index (χ1v) is 15.0. The number of halogens is 2. The van der Waals surface area contributed by atoms with Gasteiger partial charge in [0, 0.05) is 30.1 Å². The van der Waals surface area contributed by atoms with E-state index in [-0.39, 0.29) is 18.0 Å². The summed E-state index contributed by atoms with van der Waals surface area (Å²) in [5, 5.41) is 5.71. The summed E-state index contributed by atoms with van der Waals surface area (Å²) in [6.07, 6.45) is 1.80. The Hall–Kier alpha value is -4.87. The average molecular weight is 632 g/mol. The number of hydrogen-bond donors (Lipinski definition) is 2. The van der Waals surface area contributed by atoms with Gasteiger partial charge in [-0.05, 0) is 94.5 Å². The lowest BCUT2D eigenvalue weighted by atomic mass is 9.79. The van der Waals surface area contributed by atoms with Crippen LogP contribution in [0.2, 0.25) is 0 Å². The molecule has 2 atom stereocenters. The molecule has 2 aliphatic heterocycles. The zero-order chi connectivity index (χ0) is 33.2. The molecule has 1 spiro atoms. The summed E-state index contributed by atoms with van der Waals surface area (Å²) in [5.41, 5.74) is 0.231. The molecule has 1 aromatic heterocycles. The fraction of sp³-hybridized carbons (Fsp3) is 0.382. The first-order valence-electron chi connectivity index (χ1n) is 15.0. The Morgan fingerprint density at radius 2 is 1.74 bits per heavy atom. The van der Waals surface area contributed by atoms with Gasteiger partial charge in [-0.1, -0.05) is 12.1 Å². The van der Waals surface area contributed by atoms with Gasteiger partial charge in [-0.3, -0.25) is 19.3 Å². The zero-order valence-electron chi connectivity index (χ0n) is 26.2. The van der Waals surface area contributed by atoms with Crippen LogP contribution in [0.1, 0.15) is 62.9 Å². The van der Waals surface area contributed by atoms with Crippen LogP contribution in [-0.4, -0.2) is 62.8 Å². The van der Waals surface area contributed by atoms with Crippen LogP contribution >= 0.6 is 0 Å². The summed E-state index contributed by atoms with van der Waals surface area (Å²) in [5.74, 6) is -2.41. The van der Waals surface area contributed by atoms with Crippen LogP contribution in [0.3, 0.4) is 0 Å². The van der Waals surface area contributed by atoms with E-state index in [1.165, 1.54) is 23.6 Å². The van der Waals surface area contributed by atoms with Crippen molar-refractivity contribution < 1.29 is 32.7 Å². The number of piperazine rings is 1. The summed E-state index contributed by atoms with van der Waals surface area (Å²) < 4.78 is 34.3. The van der Waals surface area contributed by atoms with Crippen LogP contribution < -0.4 is 10.6 Å². The number of anilines is 2. The van der Waals surface area contributed by atoms with Crippen molar-refractivity contribution in [1.29, 1.82) is 0 Å². The SMILES string of the molecule is CC(C)(C)OC(=O)N1CC(c2cc(F)cc(F)c2)N(CC(=O)Nc2ccc3c(c2)CC2(C3)C(=O)Nc3ncccc32)C(=O)C1(C)C. The third kappa shape index (κ3) is 5.45. The lowest BCUT2D eigenvalue weighted by Gasteiger charge is -2.49. The topological polar surface area (TPSA) is 121 Å². The van der Waals surface area contributed by atoms with E-state index in [9.17, 15) is 28.0 Å². The Labute approximate surface area is 265 Å². The second-order valence-corrected chi connectivity index (χ2v) is 13.6. The van der Waals surface area contributed by atoms with E-state index in [2.05, 4.69) is 15.6 Å². The first kappa shape index (κ1) is 31.1. The van der Waals surface area contributed by atoms with Crippen molar-refractivity contribution in [3.05, 3.63) is 88.6 Å². The standard InChI is InChI=1S/C34H35F2N5O5/c1-32(2,3)46-31(45)41-17-26(20-11-22(35)14-23(36)12-20)40(30(44)33(41,4)5)18-27(42)38-24-9-8-19-15-34(16-21(19)13-24)25-7-6-10-37-28(25)39-29(34)43/h6-14,26H,15-18H2,1-5H3,(H,38,42)(H,37,39,43). The van der Waals surface area contributed by atoms with Crippen LogP contribution in [0.5, 0.6) is 0 Å². The van der Waals surface area contributed by atoms with E-state index in [0.717, 1.165) is 28.8 Å². The molecule has 6 rings (SSSR count). The van der Waals surface area contributed by atoms with Crippen LogP contribution in [0.25, 0.3) is 0 Å². The third-order valence-electron chi connectivity index (χ3n) is 8.85. The maximum Gasteiger partial charge on any atom is 0.411 e. The number of ether oxygens (including phenoxy) is 1. The van der Waals surface area contributed by atoms with Gasteiger partial charge in [0.15, 0.2) is 0 Å². The Morgan fingerprint density at radius 3 is 2.43 bits per heavy atom. The normalized spacial score (nSPS) is 21.6. The van der Waals surface area contributed by atoms with Crippen LogP contribution in [0, 0.1) is 11.6 Å². The Kier molecular flexibility index (Phi) is 7.37. The molecule has 0 bridgehead atoms. The number of hydrogen-bond acceptors (Lipinski definition) is 6. The molecule has 4 amide bonds. The molecular weight excluding hydrogens is 596 g/mol. The maximum atomic E-state index is 14.4. The summed E-state index contributed by atoms with van der Waals surface area (Å²) >= 11 is 0. The molecule has 0 saturated carbocycles. The van der Waals surface area contributed by atoms with Gasteiger partial charge in [0.05, 0.1) is 11.5 Å². The second-order valence-electron chi connectivity index (χ2n) is 13.6. The molecule has 2 unspecified atom stereocenters. The molecule has 3 aromatic rings. The highest BCUT2D eigenvalue weighted by Crippen LogP contribution is 2.47. The molecular formula is C34H35F2N5O5. The number of carbonyl (C=O) groups is 4. The molecule has 1 saturated heterocycles. The minimum absolute atomic E-state index is 0.0927. The second kappa shape index (κ2) is 10.9. The lowest BCUT2D eigenvalue weighted by molar-refractivity contribution is -0.155. The van der Waals surface area contributed by atoms with E-state index in [1.54, 1.807) is 39.1 Å². The van der Waals surface area contributed by atoms with Gasteiger partial charge in [-0.15, -0.1) is 0 Å². The molecule has 1 fully saturated rings. The molecule has 240 valence electrons. The number of nitrogens with one attached hydrogen (secondary N) is 2. The quantitative estimate of drug-likeness (QED) is 0.423. The molecule has 3 aliphatic rings. The number of pyridine rings is 1. The summed E-state index contributed by atoms with van der Waals surface area (Å²) in [7, 11) is 0. The number of nitrogens with zero attached hydrogens (tertiary/aromatic N) is 3. The predicted octanol–water partition coefficient (Wildman–Crippen LogP) is 4.89. The third-order valence-corrected chi connectivity index (χ3v) is 8.85. The summed E-state index contributed by atoms with van der Waals surface area (Å²) in [4.78, 5) is 60.5. The highest BCUT2D eigenvalue weighted by molar-refractivity contribution is 6.06. The average Bonchev–Trinajstić information content (AvgIpc) is 3.46. The molecule has 10 nitrogen and oxygen atoms in total. The fourth-order valence-electron chi connectivity index (χ4n) is 6.66. The van der Waals surface area contributed by atoms with Crippen molar-refractivity contribution in [2.75, 3.05) is 23.7 Å². The lowest BCUT2D eigenvalue weighted by Crippen LogP contribution is -2.66. The van der Waals surface area contributed by atoms with Gasteiger partial charge in [-0.2, -0.15) is 0 Å². The molecule has 1 aliphatic carbocycles. The van der Waals surface area contributed by atoms with Gasteiger partial charge in [-0.25, -0.2) is 18.6 Å². The van der Waals surface area contributed by atoms with Crippen molar-refractivity contribution in [1.82, 2.24) is 14.8 Å². The van der Waals surface area contributed by atoms with Crippen molar-refractivity contribution in [2.24, 2.45) is 0 Å². The predicted molar refractivity (Wildman–Crippen MR) is 165 cm³/mol. The maximum absolute atomic E-state index is 14.4. The molecule has 2 N–H and O–H groups in total. The number of carbonyl (C=O) groups excluding carboxylic acids is 4. The number of fused-ring (bicyclic) bond motifs is 3. The minimum atomic E-state index is -1.43. The molecule has 0 radical (unpaired) electrons. The van der Waals surface area contributed by atoms with E-state index in [4.69, 9.17) is 4.74 Å². The monoisotopic (exact) mass is 631 g/mol. The van der Waals surface area contributed by atoms with Crippen LogP contribution in [-0.2, 0) is 37.4 Å². The van der Waals surface area contributed by atoms with E-state index >= 15 is 0 Å². The number of aromatic nitrogens is 1. The highest BCUT2D eigenvalue weighted by atomic mass is 19.1. The molecule has 3 heterocycles. The number of amides is 4. The smallest absolute Gasteiger partial charge is 0.411 e. The van der Waals surface area contributed by atoms with Crippen molar-refractivity contribution >= 4 is 35.3 Å². The van der Waals surface area contributed by atoms with Gasteiger partial charge in [0.25, 0.3) is 0 Å². The molecule has 46 heavy (non-hydrogen) atoms. The van der Waals surface area contributed by atoms with Crippen LogP contribution in [0.15, 0.2) is 54.7 Å². The summed E-state index contributed by atoms with van der Waals surface area (Å²) in [6.45, 7) is 7.54. The molecule has 12 heteroatoms. The Balaban J connectivity index is 1.25. The van der Waals surface area contributed by atoms with Crippen molar-refractivity contribution in [3.8, 4) is 0 Å². The zero-order valence-corrected chi connectivity index (χ0v) is 26.2. The van der Waals surface area contributed by atoms with E-state index in [0.29, 0.717) is 30.4 Å². The summed E-state index contributed by atoms with van der Waals surface area (Å²) in [6, 6.07) is 11.0. The Morgan fingerprint density at radius 1 is 1.04 bits per heavy atom. The van der Waals surface area contributed by atoms with Gasteiger partial charge >= 0.3 is 6.09 Å². The van der Waals surface area contributed by atoms with Crippen molar-refractivity contribution in [3.63, 3.8) is 0 Å². The van der Waals surface area contributed by atoms with E-state index < -0.39 is 58.7 Å². The molecule has 2 aromatic carbocycles. The first-order chi connectivity index (χ1) is 21.6. The fourth-order valence-corrected chi connectivity index (χ4v) is 6.66. The largest absolute Gasteiger partial charge is 0.444 e.